The van der Waals surface area contributed by atoms with Crippen molar-refractivity contribution in [3.8, 4) is 0 Å². The maximum atomic E-state index is 12.8. The highest BCUT2D eigenvalue weighted by Crippen LogP contribution is 2.31. The Morgan fingerprint density at radius 3 is 2.67 bits per heavy atom. The van der Waals surface area contributed by atoms with Gasteiger partial charge in [-0.25, -0.2) is 0 Å². The first-order valence-corrected chi connectivity index (χ1v) is 6.13. The number of quaternary nitrogens is 1. The Balaban J connectivity index is 2.19. The Kier molecular flexibility index (Phi) is 3.92. The summed E-state index contributed by atoms with van der Waals surface area (Å²) in [5.41, 5.74) is -0.235. The molecular weight excluding hydrogens is 243 g/mol. The Hall–Kier alpha value is -1.07. The normalized spacial score (nSPS) is 24.4. The summed E-state index contributed by atoms with van der Waals surface area (Å²) >= 11 is 0. The van der Waals surface area contributed by atoms with E-state index in [1.807, 2.05) is 0 Å². The summed E-state index contributed by atoms with van der Waals surface area (Å²) in [7, 11) is 0. The van der Waals surface area contributed by atoms with Crippen LogP contribution in [0, 0.1) is 0 Å². The van der Waals surface area contributed by atoms with E-state index in [1.54, 1.807) is 6.07 Å². The molecule has 1 aromatic carbocycles. The van der Waals surface area contributed by atoms with E-state index in [4.69, 9.17) is 0 Å². The number of alkyl halides is 3. The van der Waals surface area contributed by atoms with Crippen LogP contribution >= 0.6 is 0 Å². The van der Waals surface area contributed by atoms with Crippen LogP contribution in [-0.2, 0) is 12.7 Å². The van der Waals surface area contributed by atoms with Crippen molar-refractivity contribution in [3.05, 3.63) is 35.4 Å². The Morgan fingerprint density at radius 1 is 1.28 bits per heavy atom. The number of benzene rings is 1. The standard InChI is InChI=1S/C13H16F3NO/c14-13(15,16)12-6-2-1-4-10(12)8-17-7-3-5-11(17)9-18/h1-2,4,6,11,18H,3,5,7-9H2/p+1/t11-/m0/s1. The molecule has 0 saturated carbocycles. The fourth-order valence-corrected chi connectivity index (χ4v) is 2.63. The van der Waals surface area contributed by atoms with Gasteiger partial charge in [0.15, 0.2) is 0 Å². The van der Waals surface area contributed by atoms with Crippen molar-refractivity contribution in [2.75, 3.05) is 13.2 Å². The first-order chi connectivity index (χ1) is 8.52. The monoisotopic (exact) mass is 260 g/mol. The van der Waals surface area contributed by atoms with Crippen LogP contribution in [0.25, 0.3) is 0 Å². The highest BCUT2D eigenvalue weighted by Gasteiger charge is 2.35. The second-order valence-corrected chi connectivity index (χ2v) is 4.76. The number of aliphatic hydroxyl groups is 1. The Bertz CT molecular complexity index is 405. The highest BCUT2D eigenvalue weighted by molar-refractivity contribution is 5.28. The van der Waals surface area contributed by atoms with Gasteiger partial charge in [-0.15, -0.1) is 0 Å². The summed E-state index contributed by atoms with van der Waals surface area (Å²) in [5.74, 6) is 0. The number of aliphatic hydroxyl groups excluding tert-OH is 1. The number of nitrogens with one attached hydrogen (secondary N) is 1. The van der Waals surface area contributed by atoms with Crippen molar-refractivity contribution in [2.24, 2.45) is 0 Å². The predicted molar refractivity (Wildman–Crippen MR) is 61.1 cm³/mol. The molecule has 1 aliphatic rings. The average molecular weight is 260 g/mol. The molecule has 18 heavy (non-hydrogen) atoms. The summed E-state index contributed by atoms with van der Waals surface area (Å²) in [6.07, 6.45) is -2.45. The molecule has 2 atom stereocenters. The third-order valence-electron chi connectivity index (χ3n) is 3.59. The average Bonchev–Trinajstić information content (AvgIpc) is 2.75. The maximum Gasteiger partial charge on any atom is 0.416 e. The summed E-state index contributed by atoms with van der Waals surface area (Å²) in [5, 5.41) is 9.20. The molecule has 0 bridgehead atoms. The van der Waals surface area contributed by atoms with Crippen LogP contribution in [0.15, 0.2) is 24.3 Å². The van der Waals surface area contributed by atoms with Gasteiger partial charge in [0.1, 0.15) is 12.6 Å². The molecule has 0 radical (unpaired) electrons. The summed E-state index contributed by atoms with van der Waals surface area (Å²) in [4.78, 5) is 1.05. The molecule has 0 aliphatic carbocycles. The van der Waals surface area contributed by atoms with E-state index >= 15 is 0 Å². The molecule has 1 aliphatic heterocycles. The Labute approximate surface area is 104 Å². The van der Waals surface area contributed by atoms with E-state index in [2.05, 4.69) is 0 Å². The lowest BCUT2D eigenvalue weighted by Crippen LogP contribution is -3.13. The molecule has 0 spiro atoms. The first kappa shape index (κ1) is 13.4. The molecule has 5 heteroatoms. The highest BCUT2D eigenvalue weighted by atomic mass is 19.4. The quantitative estimate of drug-likeness (QED) is 0.840. The number of halogens is 3. The predicted octanol–water partition coefficient (Wildman–Crippen LogP) is 1.25. The zero-order chi connectivity index (χ0) is 13.2. The van der Waals surface area contributed by atoms with Crippen LogP contribution in [0.3, 0.4) is 0 Å². The largest absolute Gasteiger partial charge is 0.416 e. The van der Waals surface area contributed by atoms with Crippen LogP contribution < -0.4 is 4.90 Å². The van der Waals surface area contributed by atoms with Crippen molar-refractivity contribution in [3.63, 3.8) is 0 Å². The fraction of sp³-hybridized carbons (Fsp3) is 0.538. The Morgan fingerprint density at radius 2 is 2.00 bits per heavy atom. The van der Waals surface area contributed by atoms with E-state index < -0.39 is 11.7 Å². The topological polar surface area (TPSA) is 24.7 Å². The van der Waals surface area contributed by atoms with Gasteiger partial charge in [0, 0.05) is 18.4 Å². The number of rotatable bonds is 3. The van der Waals surface area contributed by atoms with Crippen molar-refractivity contribution in [1.29, 1.82) is 0 Å². The smallest absolute Gasteiger partial charge is 0.390 e. The second-order valence-electron chi connectivity index (χ2n) is 4.76. The minimum atomic E-state index is -4.30. The van der Waals surface area contributed by atoms with Gasteiger partial charge in [0.05, 0.1) is 18.7 Å². The van der Waals surface area contributed by atoms with E-state index in [1.165, 1.54) is 12.1 Å². The van der Waals surface area contributed by atoms with Gasteiger partial charge in [-0.1, -0.05) is 18.2 Å². The molecule has 1 saturated heterocycles. The third kappa shape index (κ3) is 2.84. The van der Waals surface area contributed by atoms with Gasteiger partial charge in [0.25, 0.3) is 0 Å². The number of likely N-dealkylation sites (tertiary alicyclic amines) is 1. The maximum absolute atomic E-state index is 12.8. The van der Waals surface area contributed by atoms with Gasteiger partial charge in [-0.3, -0.25) is 0 Å². The lowest BCUT2D eigenvalue weighted by atomic mass is 10.1. The van der Waals surface area contributed by atoms with Crippen molar-refractivity contribution >= 4 is 0 Å². The van der Waals surface area contributed by atoms with E-state index in [-0.39, 0.29) is 12.6 Å². The van der Waals surface area contributed by atoms with Crippen molar-refractivity contribution in [1.82, 2.24) is 0 Å². The molecule has 1 heterocycles. The molecular formula is C13H17F3NO+. The van der Waals surface area contributed by atoms with Crippen LogP contribution in [-0.4, -0.2) is 24.3 Å². The lowest BCUT2D eigenvalue weighted by Gasteiger charge is -2.21. The lowest BCUT2D eigenvalue weighted by molar-refractivity contribution is -0.926. The fourth-order valence-electron chi connectivity index (χ4n) is 2.63. The SMILES string of the molecule is OC[C@@H]1CCC[NH+]1Cc1ccccc1C(F)(F)F. The second kappa shape index (κ2) is 5.28. The van der Waals surface area contributed by atoms with E-state index in [0.29, 0.717) is 12.1 Å². The van der Waals surface area contributed by atoms with Gasteiger partial charge < -0.3 is 10.0 Å². The zero-order valence-electron chi connectivity index (χ0n) is 10.0. The van der Waals surface area contributed by atoms with Gasteiger partial charge in [0.2, 0.25) is 0 Å². The van der Waals surface area contributed by atoms with Gasteiger partial charge in [-0.2, -0.15) is 13.2 Å². The summed E-state index contributed by atoms with van der Waals surface area (Å²) < 4.78 is 38.5. The number of hydrogen-bond acceptors (Lipinski definition) is 1. The van der Waals surface area contributed by atoms with Crippen molar-refractivity contribution in [2.45, 2.75) is 31.6 Å². The molecule has 2 rings (SSSR count). The van der Waals surface area contributed by atoms with E-state index in [0.717, 1.165) is 30.4 Å². The van der Waals surface area contributed by atoms with Crippen LogP contribution in [0.4, 0.5) is 13.2 Å². The first-order valence-electron chi connectivity index (χ1n) is 6.13. The minimum Gasteiger partial charge on any atom is -0.390 e. The summed E-state index contributed by atoms with van der Waals surface area (Å²) in [6.45, 7) is 1.21. The van der Waals surface area contributed by atoms with Crippen LogP contribution in [0.1, 0.15) is 24.0 Å². The van der Waals surface area contributed by atoms with E-state index in [9.17, 15) is 18.3 Å². The van der Waals surface area contributed by atoms with Gasteiger partial charge >= 0.3 is 6.18 Å². The number of hydrogen-bond donors (Lipinski definition) is 2. The van der Waals surface area contributed by atoms with Crippen LogP contribution in [0.2, 0.25) is 0 Å². The molecule has 0 aromatic heterocycles. The molecule has 2 nitrogen and oxygen atoms in total. The zero-order valence-corrected chi connectivity index (χ0v) is 10.0. The molecule has 1 fully saturated rings. The molecule has 1 unspecified atom stereocenters. The minimum absolute atomic E-state index is 0.0452. The molecule has 100 valence electrons. The van der Waals surface area contributed by atoms with Crippen molar-refractivity contribution < 1.29 is 23.2 Å². The summed E-state index contributed by atoms with van der Waals surface area (Å²) in [6, 6.07) is 5.77. The van der Waals surface area contributed by atoms with Crippen LogP contribution in [0.5, 0.6) is 0 Å². The van der Waals surface area contributed by atoms with Gasteiger partial charge in [-0.05, 0) is 6.07 Å². The molecule has 0 amide bonds. The molecule has 1 aromatic rings. The third-order valence-corrected chi connectivity index (χ3v) is 3.59. The molecule has 2 N–H and O–H groups in total.